The number of amides is 2. The molecule has 0 aliphatic carbocycles. The van der Waals surface area contributed by atoms with Crippen molar-refractivity contribution in [3.05, 3.63) is 54.2 Å². The first-order valence-electron chi connectivity index (χ1n) is 6.92. The lowest BCUT2D eigenvalue weighted by Gasteiger charge is -2.16. The highest BCUT2D eigenvalue weighted by atomic mass is 32.2. The molecule has 0 unspecified atom stereocenters. The molecule has 0 fully saturated rings. The van der Waals surface area contributed by atoms with E-state index in [1.54, 1.807) is 43.6 Å². The van der Waals surface area contributed by atoms with Crippen molar-refractivity contribution in [2.24, 2.45) is 5.14 Å². The lowest BCUT2D eigenvalue weighted by Crippen LogP contribution is -2.38. The van der Waals surface area contributed by atoms with E-state index in [2.05, 4.69) is 10.3 Å². The summed E-state index contributed by atoms with van der Waals surface area (Å²) in [6, 6.07) is 11.3. The van der Waals surface area contributed by atoms with Gasteiger partial charge in [-0.1, -0.05) is 18.2 Å². The smallest absolute Gasteiger partial charge is 0.322 e. The highest BCUT2D eigenvalue weighted by Gasteiger charge is 2.11. The third-order valence-corrected chi connectivity index (χ3v) is 4.17. The molecule has 7 nitrogen and oxygen atoms in total. The van der Waals surface area contributed by atoms with Gasteiger partial charge >= 0.3 is 6.03 Å². The fourth-order valence-electron chi connectivity index (χ4n) is 1.93. The topological polar surface area (TPSA) is 105 Å². The number of pyridine rings is 1. The Morgan fingerprint density at radius 2 is 1.91 bits per heavy atom. The molecule has 0 bridgehead atoms. The molecule has 0 atom stereocenters. The standard InChI is InChI=1S/C15H18N4O3S/c1-19(14-4-2-3-10-17-14)15(20)18-11-9-12-5-7-13(8-6-12)23(16,21)22/h2-8,10H,9,11H2,1H3,(H,18,20)(H2,16,21,22). The van der Waals surface area contributed by atoms with Crippen molar-refractivity contribution in [3.63, 3.8) is 0 Å². The Bertz CT molecular complexity index is 761. The van der Waals surface area contributed by atoms with Gasteiger partial charge in [-0.05, 0) is 36.2 Å². The third kappa shape index (κ3) is 4.76. The Kier molecular flexibility index (Phi) is 5.30. The second-order valence-corrected chi connectivity index (χ2v) is 6.48. The summed E-state index contributed by atoms with van der Waals surface area (Å²) < 4.78 is 22.3. The monoisotopic (exact) mass is 334 g/mol. The zero-order valence-corrected chi connectivity index (χ0v) is 13.5. The van der Waals surface area contributed by atoms with Gasteiger partial charge in [0.25, 0.3) is 0 Å². The molecule has 23 heavy (non-hydrogen) atoms. The van der Waals surface area contributed by atoms with E-state index < -0.39 is 10.0 Å². The van der Waals surface area contributed by atoms with Crippen LogP contribution >= 0.6 is 0 Å². The number of carbonyl (C=O) groups excluding carboxylic acids is 1. The number of primary sulfonamides is 1. The lowest BCUT2D eigenvalue weighted by molar-refractivity contribution is 0.247. The number of hydrogen-bond acceptors (Lipinski definition) is 4. The second-order valence-electron chi connectivity index (χ2n) is 4.92. The van der Waals surface area contributed by atoms with Crippen molar-refractivity contribution < 1.29 is 13.2 Å². The van der Waals surface area contributed by atoms with E-state index in [1.807, 2.05) is 0 Å². The van der Waals surface area contributed by atoms with Gasteiger partial charge in [-0.3, -0.25) is 4.90 Å². The number of sulfonamides is 1. The van der Waals surface area contributed by atoms with E-state index in [-0.39, 0.29) is 10.9 Å². The van der Waals surface area contributed by atoms with Crippen LogP contribution in [0.1, 0.15) is 5.56 Å². The largest absolute Gasteiger partial charge is 0.337 e. The molecule has 2 rings (SSSR count). The zero-order valence-electron chi connectivity index (χ0n) is 12.6. The summed E-state index contributed by atoms with van der Waals surface area (Å²) in [5, 5.41) is 7.82. The number of anilines is 1. The Labute approximate surface area is 135 Å². The van der Waals surface area contributed by atoms with Crippen molar-refractivity contribution in [2.75, 3.05) is 18.5 Å². The first kappa shape index (κ1) is 16.9. The molecule has 0 saturated carbocycles. The minimum atomic E-state index is -3.68. The fourth-order valence-corrected chi connectivity index (χ4v) is 2.45. The van der Waals surface area contributed by atoms with Gasteiger partial charge in [-0.25, -0.2) is 23.3 Å². The van der Waals surface area contributed by atoms with Gasteiger partial charge in [-0.2, -0.15) is 0 Å². The van der Waals surface area contributed by atoms with Crippen LogP contribution in [0, 0.1) is 0 Å². The van der Waals surface area contributed by atoms with Crippen LogP contribution in [0.2, 0.25) is 0 Å². The summed E-state index contributed by atoms with van der Waals surface area (Å²) in [5.74, 6) is 0.558. The fraction of sp³-hybridized carbons (Fsp3) is 0.200. The number of aromatic nitrogens is 1. The molecular formula is C15H18N4O3S. The van der Waals surface area contributed by atoms with Crippen LogP contribution in [0.15, 0.2) is 53.6 Å². The molecule has 1 aromatic carbocycles. The number of nitrogens with one attached hydrogen (secondary N) is 1. The highest BCUT2D eigenvalue weighted by molar-refractivity contribution is 7.89. The highest BCUT2D eigenvalue weighted by Crippen LogP contribution is 2.09. The van der Waals surface area contributed by atoms with E-state index in [4.69, 9.17) is 5.14 Å². The third-order valence-electron chi connectivity index (χ3n) is 3.24. The second kappa shape index (κ2) is 7.21. The van der Waals surface area contributed by atoms with Gasteiger partial charge in [-0.15, -0.1) is 0 Å². The van der Waals surface area contributed by atoms with E-state index in [9.17, 15) is 13.2 Å². The Morgan fingerprint density at radius 1 is 1.22 bits per heavy atom. The number of urea groups is 1. The molecule has 2 aromatic rings. The van der Waals surface area contributed by atoms with Crippen LogP contribution in [0.3, 0.4) is 0 Å². The molecule has 0 aliphatic rings. The Morgan fingerprint density at radius 3 is 2.48 bits per heavy atom. The average molecular weight is 334 g/mol. The molecule has 0 spiro atoms. The number of nitrogens with zero attached hydrogens (tertiary/aromatic N) is 2. The maximum atomic E-state index is 12.0. The number of rotatable bonds is 5. The SMILES string of the molecule is CN(C(=O)NCCc1ccc(S(N)(=O)=O)cc1)c1ccccn1. The van der Waals surface area contributed by atoms with Crippen molar-refractivity contribution in [1.29, 1.82) is 0 Å². The predicted octanol–water partition coefficient (Wildman–Crippen LogP) is 1.12. The van der Waals surface area contributed by atoms with Crippen LogP contribution in [0.25, 0.3) is 0 Å². The summed E-state index contributed by atoms with van der Waals surface area (Å²) >= 11 is 0. The molecule has 2 amide bonds. The molecule has 8 heteroatoms. The average Bonchev–Trinajstić information content (AvgIpc) is 2.54. The minimum Gasteiger partial charge on any atom is -0.337 e. The lowest BCUT2D eigenvalue weighted by atomic mass is 10.1. The van der Waals surface area contributed by atoms with Gasteiger partial charge in [0.05, 0.1) is 4.90 Å². The molecule has 1 aromatic heterocycles. The maximum absolute atomic E-state index is 12.0. The quantitative estimate of drug-likeness (QED) is 0.854. The molecule has 0 radical (unpaired) electrons. The van der Waals surface area contributed by atoms with Crippen LogP contribution < -0.4 is 15.4 Å². The Balaban J connectivity index is 1.86. The van der Waals surface area contributed by atoms with Crippen molar-refractivity contribution in [1.82, 2.24) is 10.3 Å². The van der Waals surface area contributed by atoms with Gasteiger partial charge in [0.1, 0.15) is 5.82 Å². The Hall–Kier alpha value is -2.45. The summed E-state index contributed by atoms with van der Waals surface area (Å²) in [4.78, 5) is 17.6. The zero-order chi connectivity index (χ0) is 16.9. The summed E-state index contributed by atoms with van der Waals surface area (Å²) in [7, 11) is -2.04. The molecule has 3 N–H and O–H groups in total. The predicted molar refractivity (Wildman–Crippen MR) is 87.6 cm³/mol. The number of nitrogens with two attached hydrogens (primary N) is 1. The molecular weight excluding hydrogens is 316 g/mol. The van der Waals surface area contributed by atoms with Crippen LogP contribution in [0.5, 0.6) is 0 Å². The minimum absolute atomic E-state index is 0.0696. The maximum Gasteiger partial charge on any atom is 0.322 e. The van der Waals surface area contributed by atoms with E-state index in [0.717, 1.165) is 5.56 Å². The van der Waals surface area contributed by atoms with E-state index in [0.29, 0.717) is 18.8 Å². The van der Waals surface area contributed by atoms with Crippen molar-refractivity contribution >= 4 is 21.9 Å². The normalized spacial score (nSPS) is 11.0. The van der Waals surface area contributed by atoms with Crippen molar-refractivity contribution in [2.45, 2.75) is 11.3 Å². The summed E-state index contributed by atoms with van der Waals surface area (Å²) in [5.41, 5.74) is 0.901. The van der Waals surface area contributed by atoms with Gasteiger partial charge in [0.2, 0.25) is 10.0 Å². The van der Waals surface area contributed by atoms with Crippen LogP contribution in [-0.4, -0.2) is 33.0 Å². The summed E-state index contributed by atoms with van der Waals surface area (Å²) in [6.07, 6.45) is 2.19. The first-order chi connectivity index (χ1) is 10.9. The first-order valence-corrected chi connectivity index (χ1v) is 8.47. The van der Waals surface area contributed by atoms with Crippen LogP contribution in [-0.2, 0) is 16.4 Å². The molecule has 0 saturated heterocycles. The van der Waals surface area contributed by atoms with E-state index in [1.165, 1.54) is 17.0 Å². The molecule has 0 aliphatic heterocycles. The van der Waals surface area contributed by atoms with E-state index >= 15 is 0 Å². The number of carbonyl (C=O) groups is 1. The summed E-state index contributed by atoms with van der Waals surface area (Å²) in [6.45, 7) is 0.421. The molecule has 1 heterocycles. The van der Waals surface area contributed by atoms with Gasteiger partial charge in [0, 0.05) is 19.8 Å². The molecule has 122 valence electrons. The number of hydrogen-bond donors (Lipinski definition) is 2. The number of benzene rings is 1. The van der Waals surface area contributed by atoms with Crippen molar-refractivity contribution in [3.8, 4) is 0 Å². The van der Waals surface area contributed by atoms with Crippen LogP contribution in [0.4, 0.5) is 10.6 Å². The van der Waals surface area contributed by atoms with Gasteiger partial charge in [0.15, 0.2) is 0 Å². The van der Waals surface area contributed by atoms with Gasteiger partial charge < -0.3 is 5.32 Å².